The summed E-state index contributed by atoms with van der Waals surface area (Å²) >= 11 is 11.8. The molecular weight excluding hydrogens is 405 g/mol. The Labute approximate surface area is 172 Å². The maximum absolute atomic E-state index is 12.8. The second kappa shape index (κ2) is 9.12. The van der Waals surface area contributed by atoms with E-state index in [1.165, 1.54) is 25.1 Å². The van der Waals surface area contributed by atoms with Crippen LogP contribution in [0.5, 0.6) is 0 Å². The zero-order valence-electron chi connectivity index (χ0n) is 16.0. The molecule has 0 spiro atoms. The SMILES string of the molecule is CCc1[nH]c(C(=O)N(C)CC(=O)Nc2ccc(Cl)c(Cl)c2)c(C)c1C(=O)OC. The number of anilines is 1. The normalized spacial score (nSPS) is 10.5. The summed E-state index contributed by atoms with van der Waals surface area (Å²) < 4.78 is 4.79. The van der Waals surface area contributed by atoms with Crippen LogP contribution in [-0.2, 0) is 16.0 Å². The number of H-pyrrole nitrogens is 1. The van der Waals surface area contributed by atoms with Crippen LogP contribution in [0.15, 0.2) is 18.2 Å². The van der Waals surface area contributed by atoms with Gasteiger partial charge in [-0.1, -0.05) is 30.1 Å². The number of nitrogens with zero attached hydrogens (tertiary/aromatic N) is 1. The van der Waals surface area contributed by atoms with Gasteiger partial charge in [0, 0.05) is 18.4 Å². The number of benzene rings is 1. The van der Waals surface area contributed by atoms with Crippen molar-refractivity contribution in [1.82, 2.24) is 9.88 Å². The molecule has 0 saturated carbocycles. The van der Waals surface area contributed by atoms with Gasteiger partial charge >= 0.3 is 5.97 Å². The molecule has 0 bridgehead atoms. The molecule has 2 aromatic rings. The van der Waals surface area contributed by atoms with Gasteiger partial charge in [-0.25, -0.2) is 4.79 Å². The minimum absolute atomic E-state index is 0.188. The van der Waals surface area contributed by atoms with E-state index in [1.54, 1.807) is 19.1 Å². The van der Waals surface area contributed by atoms with Crippen molar-refractivity contribution in [3.05, 3.63) is 50.8 Å². The van der Waals surface area contributed by atoms with Crippen LogP contribution in [0, 0.1) is 6.92 Å². The molecular formula is C19H21Cl2N3O4. The van der Waals surface area contributed by atoms with Crippen LogP contribution in [0.4, 0.5) is 5.69 Å². The first-order valence-electron chi connectivity index (χ1n) is 8.49. The summed E-state index contributed by atoms with van der Waals surface area (Å²) in [5.74, 6) is -1.32. The van der Waals surface area contributed by atoms with Crippen molar-refractivity contribution in [2.75, 3.05) is 26.0 Å². The van der Waals surface area contributed by atoms with Gasteiger partial charge in [0.05, 0.1) is 29.3 Å². The third-order valence-electron chi connectivity index (χ3n) is 4.22. The molecule has 1 heterocycles. The monoisotopic (exact) mass is 425 g/mol. The van der Waals surface area contributed by atoms with E-state index in [1.807, 2.05) is 6.92 Å². The van der Waals surface area contributed by atoms with Crippen LogP contribution < -0.4 is 5.32 Å². The van der Waals surface area contributed by atoms with Gasteiger partial charge in [-0.05, 0) is 37.1 Å². The highest BCUT2D eigenvalue weighted by atomic mass is 35.5. The zero-order chi connectivity index (χ0) is 21.0. The Hall–Kier alpha value is -2.51. The Kier molecular flexibility index (Phi) is 7.10. The summed E-state index contributed by atoms with van der Waals surface area (Å²) in [6, 6.07) is 4.70. The van der Waals surface area contributed by atoms with Crippen molar-refractivity contribution in [1.29, 1.82) is 0 Å². The maximum atomic E-state index is 12.8. The van der Waals surface area contributed by atoms with E-state index in [9.17, 15) is 14.4 Å². The van der Waals surface area contributed by atoms with E-state index in [0.29, 0.717) is 39.0 Å². The second-order valence-corrected chi connectivity index (χ2v) is 6.98. The number of aryl methyl sites for hydroxylation is 1. The summed E-state index contributed by atoms with van der Waals surface area (Å²) in [7, 11) is 2.79. The largest absolute Gasteiger partial charge is 0.465 e. The van der Waals surface area contributed by atoms with Crippen molar-refractivity contribution in [3.63, 3.8) is 0 Å². The Morgan fingerprint density at radius 1 is 1.21 bits per heavy atom. The van der Waals surface area contributed by atoms with Crippen molar-refractivity contribution >= 4 is 46.7 Å². The highest BCUT2D eigenvalue weighted by molar-refractivity contribution is 6.42. The molecule has 2 N–H and O–H groups in total. The number of rotatable bonds is 6. The molecule has 150 valence electrons. The number of ether oxygens (including phenoxy) is 1. The number of hydrogen-bond acceptors (Lipinski definition) is 4. The van der Waals surface area contributed by atoms with Crippen LogP contribution in [0.3, 0.4) is 0 Å². The summed E-state index contributed by atoms with van der Waals surface area (Å²) in [6.45, 7) is 3.34. The molecule has 0 atom stereocenters. The van der Waals surface area contributed by atoms with E-state index in [0.717, 1.165) is 0 Å². The van der Waals surface area contributed by atoms with Crippen molar-refractivity contribution < 1.29 is 19.1 Å². The quantitative estimate of drug-likeness (QED) is 0.690. The molecule has 1 aromatic carbocycles. The first-order chi connectivity index (χ1) is 13.2. The fraction of sp³-hybridized carbons (Fsp3) is 0.316. The molecule has 2 rings (SSSR count). The number of aromatic nitrogens is 1. The third kappa shape index (κ3) is 4.66. The fourth-order valence-electron chi connectivity index (χ4n) is 2.77. The predicted octanol–water partition coefficient (Wildman–Crippen LogP) is 3.69. The molecule has 0 aliphatic heterocycles. The Balaban J connectivity index is 2.14. The van der Waals surface area contributed by atoms with Gasteiger partial charge in [0.1, 0.15) is 5.69 Å². The Morgan fingerprint density at radius 3 is 2.46 bits per heavy atom. The molecule has 0 radical (unpaired) electrons. The lowest BCUT2D eigenvalue weighted by molar-refractivity contribution is -0.116. The van der Waals surface area contributed by atoms with E-state index >= 15 is 0 Å². The highest BCUT2D eigenvalue weighted by Crippen LogP contribution is 2.25. The van der Waals surface area contributed by atoms with Crippen LogP contribution in [0.25, 0.3) is 0 Å². The Bertz CT molecular complexity index is 924. The van der Waals surface area contributed by atoms with E-state index in [4.69, 9.17) is 27.9 Å². The lowest BCUT2D eigenvalue weighted by atomic mass is 10.1. The van der Waals surface area contributed by atoms with E-state index in [2.05, 4.69) is 10.3 Å². The molecule has 0 aliphatic rings. The predicted molar refractivity (Wildman–Crippen MR) is 108 cm³/mol. The molecule has 28 heavy (non-hydrogen) atoms. The molecule has 1 aromatic heterocycles. The van der Waals surface area contributed by atoms with Crippen LogP contribution in [0.2, 0.25) is 10.0 Å². The minimum atomic E-state index is -0.510. The summed E-state index contributed by atoms with van der Waals surface area (Å²) in [5, 5.41) is 3.35. The van der Waals surface area contributed by atoms with E-state index in [-0.39, 0.29) is 12.2 Å². The lowest BCUT2D eigenvalue weighted by Gasteiger charge is -2.17. The maximum Gasteiger partial charge on any atom is 0.339 e. The molecule has 9 heteroatoms. The number of carbonyl (C=O) groups is 3. The van der Waals surface area contributed by atoms with Gasteiger partial charge in [-0.15, -0.1) is 0 Å². The molecule has 0 fully saturated rings. The van der Waals surface area contributed by atoms with Gasteiger partial charge < -0.3 is 19.9 Å². The van der Waals surface area contributed by atoms with Crippen LogP contribution >= 0.6 is 23.2 Å². The average Bonchev–Trinajstić information content (AvgIpc) is 2.99. The van der Waals surface area contributed by atoms with Gasteiger partial charge in [0.15, 0.2) is 0 Å². The zero-order valence-corrected chi connectivity index (χ0v) is 17.5. The number of hydrogen-bond donors (Lipinski definition) is 2. The van der Waals surface area contributed by atoms with Gasteiger partial charge in [-0.2, -0.15) is 0 Å². The number of halogens is 2. The summed E-state index contributed by atoms with van der Waals surface area (Å²) in [6.07, 6.45) is 0.528. The topological polar surface area (TPSA) is 91.5 Å². The number of carbonyl (C=O) groups excluding carboxylic acids is 3. The molecule has 0 unspecified atom stereocenters. The van der Waals surface area contributed by atoms with Crippen molar-refractivity contribution in [2.24, 2.45) is 0 Å². The number of likely N-dealkylation sites (N-methyl/N-ethyl adjacent to an activating group) is 1. The number of esters is 1. The minimum Gasteiger partial charge on any atom is -0.465 e. The third-order valence-corrected chi connectivity index (χ3v) is 4.95. The van der Waals surface area contributed by atoms with Crippen LogP contribution in [-0.4, -0.2) is 48.4 Å². The Morgan fingerprint density at radius 2 is 1.89 bits per heavy atom. The average molecular weight is 426 g/mol. The summed E-state index contributed by atoms with van der Waals surface area (Å²) in [5.41, 5.74) is 2.17. The summed E-state index contributed by atoms with van der Waals surface area (Å²) in [4.78, 5) is 41.3. The van der Waals surface area contributed by atoms with E-state index < -0.39 is 17.8 Å². The van der Waals surface area contributed by atoms with Gasteiger partial charge in [0.25, 0.3) is 5.91 Å². The molecule has 7 nitrogen and oxygen atoms in total. The first kappa shape index (κ1) is 21.8. The number of nitrogens with one attached hydrogen (secondary N) is 2. The molecule has 0 aliphatic carbocycles. The highest BCUT2D eigenvalue weighted by Gasteiger charge is 2.26. The number of methoxy groups -OCH3 is 1. The first-order valence-corrected chi connectivity index (χ1v) is 9.25. The molecule has 0 saturated heterocycles. The van der Waals surface area contributed by atoms with Crippen molar-refractivity contribution in [3.8, 4) is 0 Å². The van der Waals surface area contributed by atoms with Crippen LogP contribution in [0.1, 0.15) is 39.0 Å². The second-order valence-electron chi connectivity index (χ2n) is 6.16. The molecule has 2 amide bonds. The van der Waals surface area contributed by atoms with Gasteiger partial charge in [0.2, 0.25) is 5.91 Å². The number of aromatic amines is 1. The smallest absolute Gasteiger partial charge is 0.339 e. The lowest BCUT2D eigenvalue weighted by Crippen LogP contribution is -2.35. The standard InChI is InChI=1S/C19H21Cl2N3O4/c1-5-14-16(19(27)28-4)10(2)17(23-14)18(26)24(3)9-15(25)22-11-6-7-12(20)13(21)8-11/h6-8,23H,5,9H2,1-4H3,(H,22,25). The fourth-order valence-corrected chi connectivity index (χ4v) is 3.07. The van der Waals surface area contributed by atoms with Crippen molar-refractivity contribution in [2.45, 2.75) is 20.3 Å². The van der Waals surface area contributed by atoms with Gasteiger partial charge in [-0.3, -0.25) is 9.59 Å². The number of amides is 2.